The van der Waals surface area contributed by atoms with E-state index in [1.54, 1.807) is 0 Å². The Morgan fingerprint density at radius 3 is 2.50 bits per heavy atom. The monoisotopic (exact) mass is 325 g/mol. The summed E-state index contributed by atoms with van der Waals surface area (Å²) in [5, 5.41) is 2.25. The zero-order valence-corrected chi connectivity index (χ0v) is 11.9. The Kier molecular flexibility index (Phi) is 5.06. The maximum Gasteiger partial charge on any atom is 0.340 e. The van der Waals surface area contributed by atoms with Gasteiger partial charge >= 0.3 is 5.97 Å². The molecule has 2 rings (SSSR count). The predicted octanol–water partition coefficient (Wildman–Crippen LogP) is 3.41. The second kappa shape index (κ2) is 7.00. The number of hydrogen-bond donors (Lipinski definition) is 1. The lowest BCUT2D eigenvalue weighted by Gasteiger charge is -2.07. The molecule has 0 aromatic heterocycles. The Bertz CT molecular complexity index is 722. The van der Waals surface area contributed by atoms with E-state index < -0.39 is 30.1 Å². The molecule has 1 amide bonds. The minimum absolute atomic E-state index is 0.0541. The molecule has 114 valence electrons. The van der Waals surface area contributed by atoms with Crippen molar-refractivity contribution in [2.45, 2.75) is 0 Å². The van der Waals surface area contributed by atoms with Crippen LogP contribution in [0.1, 0.15) is 10.4 Å². The van der Waals surface area contributed by atoms with Crippen LogP contribution in [0.2, 0.25) is 5.02 Å². The van der Waals surface area contributed by atoms with Crippen molar-refractivity contribution in [3.8, 4) is 0 Å². The van der Waals surface area contributed by atoms with E-state index in [2.05, 4.69) is 5.32 Å². The molecule has 0 aliphatic rings. The van der Waals surface area contributed by atoms with Gasteiger partial charge in [0.2, 0.25) is 0 Å². The van der Waals surface area contributed by atoms with Gasteiger partial charge in [0.15, 0.2) is 6.61 Å². The van der Waals surface area contributed by atoms with Crippen molar-refractivity contribution in [2.75, 3.05) is 11.9 Å². The van der Waals surface area contributed by atoms with Crippen LogP contribution in [0.25, 0.3) is 0 Å². The lowest BCUT2D eigenvalue weighted by Crippen LogP contribution is -2.21. The lowest BCUT2D eigenvalue weighted by molar-refractivity contribution is -0.119. The van der Waals surface area contributed by atoms with Gasteiger partial charge in [-0.2, -0.15) is 0 Å². The molecule has 7 heteroatoms. The summed E-state index contributed by atoms with van der Waals surface area (Å²) in [5.41, 5.74) is 0.183. The van der Waals surface area contributed by atoms with Gasteiger partial charge in [-0.3, -0.25) is 4.79 Å². The fraction of sp³-hybridized carbons (Fsp3) is 0.0667. The van der Waals surface area contributed by atoms with Gasteiger partial charge in [-0.1, -0.05) is 17.7 Å². The van der Waals surface area contributed by atoms with Gasteiger partial charge in [0, 0.05) is 5.69 Å². The number of esters is 1. The van der Waals surface area contributed by atoms with Crippen molar-refractivity contribution in [3.05, 3.63) is 64.7 Å². The molecule has 0 aliphatic heterocycles. The molecule has 2 aromatic carbocycles. The highest BCUT2D eigenvalue weighted by molar-refractivity contribution is 6.33. The fourth-order valence-corrected chi connectivity index (χ4v) is 1.87. The van der Waals surface area contributed by atoms with E-state index in [-0.39, 0.29) is 16.3 Å². The molecule has 0 saturated heterocycles. The Hall–Kier alpha value is -2.47. The minimum atomic E-state index is -0.862. The van der Waals surface area contributed by atoms with Crippen LogP contribution in [0.5, 0.6) is 0 Å². The molecule has 0 saturated carbocycles. The average Bonchev–Trinajstić information content (AvgIpc) is 2.45. The van der Waals surface area contributed by atoms with Crippen LogP contribution < -0.4 is 5.32 Å². The predicted molar refractivity (Wildman–Crippen MR) is 76.7 cm³/mol. The van der Waals surface area contributed by atoms with Gasteiger partial charge in [-0.25, -0.2) is 13.6 Å². The maximum absolute atomic E-state index is 12.9. The van der Waals surface area contributed by atoms with Crippen molar-refractivity contribution in [2.24, 2.45) is 0 Å². The summed E-state index contributed by atoms with van der Waals surface area (Å²) < 4.78 is 30.6. The third-order valence-electron chi connectivity index (χ3n) is 2.59. The molecule has 0 aliphatic carbocycles. The molecule has 0 spiro atoms. The van der Waals surface area contributed by atoms with Crippen LogP contribution in [0.15, 0.2) is 42.5 Å². The number of nitrogens with one attached hydrogen (secondary N) is 1. The van der Waals surface area contributed by atoms with Gasteiger partial charge < -0.3 is 10.1 Å². The lowest BCUT2D eigenvalue weighted by atomic mass is 10.2. The van der Waals surface area contributed by atoms with Gasteiger partial charge in [0.05, 0.1) is 10.6 Å². The number of hydrogen-bond acceptors (Lipinski definition) is 3. The Morgan fingerprint density at radius 2 is 1.82 bits per heavy atom. The topological polar surface area (TPSA) is 55.4 Å². The number of carbonyl (C=O) groups excluding carboxylic acids is 2. The number of rotatable bonds is 4. The quantitative estimate of drug-likeness (QED) is 0.876. The van der Waals surface area contributed by atoms with E-state index in [0.29, 0.717) is 0 Å². The SMILES string of the molecule is O=C(COC(=O)c1ccc(F)cc1Cl)Nc1cccc(F)c1. The maximum atomic E-state index is 12.9. The first-order chi connectivity index (χ1) is 10.5. The highest BCUT2D eigenvalue weighted by atomic mass is 35.5. The summed E-state index contributed by atoms with van der Waals surface area (Å²) in [5.74, 6) is -2.60. The fourth-order valence-electron chi connectivity index (χ4n) is 1.63. The molecule has 0 fully saturated rings. The number of carbonyl (C=O) groups is 2. The molecular weight excluding hydrogens is 316 g/mol. The second-order valence-corrected chi connectivity index (χ2v) is 4.67. The Labute approximate surface area is 129 Å². The molecule has 0 bridgehead atoms. The van der Waals surface area contributed by atoms with E-state index >= 15 is 0 Å². The average molecular weight is 326 g/mol. The van der Waals surface area contributed by atoms with Gasteiger partial charge in [0.1, 0.15) is 11.6 Å². The van der Waals surface area contributed by atoms with Crippen LogP contribution in [-0.4, -0.2) is 18.5 Å². The normalized spacial score (nSPS) is 10.1. The zero-order chi connectivity index (χ0) is 16.1. The summed E-state index contributed by atoms with van der Waals surface area (Å²) in [6, 6.07) is 8.43. The molecule has 0 heterocycles. The molecule has 2 aromatic rings. The first-order valence-electron chi connectivity index (χ1n) is 6.13. The third kappa shape index (κ3) is 4.26. The van der Waals surface area contributed by atoms with Crippen molar-refractivity contribution >= 4 is 29.2 Å². The molecule has 0 unspecified atom stereocenters. The third-order valence-corrected chi connectivity index (χ3v) is 2.91. The van der Waals surface area contributed by atoms with E-state index in [1.807, 2.05) is 0 Å². The number of anilines is 1. The van der Waals surface area contributed by atoms with Gasteiger partial charge in [-0.05, 0) is 36.4 Å². The first kappa shape index (κ1) is 15.9. The van der Waals surface area contributed by atoms with Crippen molar-refractivity contribution in [1.82, 2.24) is 0 Å². The summed E-state index contributed by atoms with van der Waals surface area (Å²) in [7, 11) is 0. The number of ether oxygens (including phenoxy) is 1. The summed E-state index contributed by atoms with van der Waals surface area (Å²) in [6.07, 6.45) is 0. The van der Waals surface area contributed by atoms with E-state index in [1.165, 1.54) is 18.2 Å². The molecule has 0 radical (unpaired) electrons. The van der Waals surface area contributed by atoms with Gasteiger partial charge in [0.25, 0.3) is 5.91 Å². The molecule has 22 heavy (non-hydrogen) atoms. The van der Waals surface area contributed by atoms with Crippen molar-refractivity contribution < 1.29 is 23.1 Å². The van der Waals surface area contributed by atoms with Crippen molar-refractivity contribution in [3.63, 3.8) is 0 Å². The number of amides is 1. The van der Waals surface area contributed by atoms with Crippen LogP contribution in [0, 0.1) is 11.6 Å². The van der Waals surface area contributed by atoms with Crippen LogP contribution in [-0.2, 0) is 9.53 Å². The number of halogens is 3. The molecule has 0 atom stereocenters. The standard InChI is InChI=1S/C15H10ClF2NO3/c16-13-7-10(18)4-5-12(13)15(21)22-8-14(20)19-11-3-1-2-9(17)6-11/h1-7H,8H2,(H,19,20). The van der Waals surface area contributed by atoms with E-state index in [9.17, 15) is 18.4 Å². The Balaban J connectivity index is 1.92. The summed E-state index contributed by atoms with van der Waals surface area (Å²) in [4.78, 5) is 23.3. The van der Waals surface area contributed by atoms with Gasteiger partial charge in [-0.15, -0.1) is 0 Å². The van der Waals surface area contributed by atoms with E-state index in [4.69, 9.17) is 16.3 Å². The first-order valence-corrected chi connectivity index (χ1v) is 6.51. The van der Waals surface area contributed by atoms with E-state index in [0.717, 1.165) is 24.3 Å². The summed E-state index contributed by atoms with van der Waals surface area (Å²) in [6.45, 7) is -0.580. The molecule has 4 nitrogen and oxygen atoms in total. The Morgan fingerprint density at radius 1 is 1.09 bits per heavy atom. The highest BCUT2D eigenvalue weighted by Gasteiger charge is 2.14. The summed E-state index contributed by atoms with van der Waals surface area (Å²) >= 11 is 5.70. The molecule has 1 N–H and O–H groups in total. The zero-order valence-electron chi connectivity index (χ0n) is 11.1. The van der Waals surface area contributed by atoms with Crippen LogP contribution in [0.3, 0.4) is 0 Å². The highest BCUT2D eigenvalue weighted by Crippen LogP contribution is 2.18. The largest absolute Gasteiger partial charge is 0.452 e. The van der Waals surface area contributed by atoms with Crippen LogP contribution >= 0.6 is 11.6 Å². The second-order valence-electron chi connectivity index (χ2n) is 4.26. The minimum Gasteiger partial charge on any atom is -0.452 e. The smallest absolute Gasteiger partial charge is 0.340 e. The van der Waals surface area contributed by atoms with Crippen molar-refractivity contribution in [1.29, 1.82) is 0 Å². The number of benzene rings is 2. The molecular formula is C15H10ClF2NO3. The van der Waals surface area contributed by atoms with Crippen LogP contribution in [0.4, 0.5) is 14.5 Å².